The molecule has 1 aromatic rings. The zero-order valence-electron chi connectivity index (χ0n) is 12.8. The standard InChI is InChI=1S/C16H23ClN2O2/c1-3-4-14-9-13(10-15(17)18-14)16(20)19(2)11-12-5-7-21-8-6-12/h9-10,12H,3-8,11H2,1-2H3. The highest BCUT2D eigenvalue weighted by molar-refractivity contribution is 6.29. The molecular formula is C16H23ClN2O2. The Labute approximate surface area is 131 Å². The second-order valence-electron chi connectivity index (χ2n) is 5.66. The number of carbonyl (C=O) groups is 1. The number of aromatic nitrogens is 1. The molecule has 2 rings (SSSR count). The van der Waals surface area contributed by atoms with Crippen LogP contribution in [-0.2, 0) is 11.2 Å². The van der Waals surface area contributed by atoms with Crippen LogP contribution in [-0.4, -0.2) is 42.6 Å². The van der Waals surface area contributed by atoms with Gasteiger partial charge in [0.1, 0.15) is 5.15 Å². The van der Waals surface area contributed by atoms with Crippen LogP contribution in [0.5, 0.6) is 0 Å². The molecule has 0 unspecified atom stereocenters. The van der Waals surface area contributed by atoms with Crippen molar-refractivity contribution in [2.24, 2.45) is 5.92 Å². The monoisotopic (exact) mass is 310 g/mol. The van der Waals surface area contributed by atoms with Crippen molar-refractivity contribution in [3.05, 3.63) is 28.5 Å². The van der Waals surface area contributed by atoms with Crippen molar-refractivity contribution in [1.29, 1.82) is 0 Å². The normalized spacial score (nSPS) is 16.0. The first-order valence-corrected chi connectivity index (χ1v) is 7.97. The van der Waals surface area contributed by atoms with Crippen molar-refractivity contribution in [1.82, 2.24) is 9.88 Å². The van der Waals surface area contributed by atoms with Crippen LogP contribution < -0.4 is 0 Å². The van der Waals surface area contributed by atoms with Gasteiger partial charge in [0.2, 0.25) is 0 Å². The van der Waals surface area contributed by atoms with E-state index in [1.807, 2.05) is 13.1 Å². The van der Waals surface area contributed by atoms with Gasteiger partial charge in [0, 0.05) is 38.1 Å². The molecule has 116 valence electrons. The Morgan fingerprint density at radius 2 is 2.14 bits per heavy atom. The van der Waals surface area contributed by atoms with Crippen molar-refractivity contribution in [2.75, 3.05) is 26.8 Å². The van der Waals surface area contributed by atoms with Gasteiger partial charge in [-0.15, -0.1) is 0 Å². The molecule has 1 fully saturated rings. The van der Waals surface area contributed by atoms with Crippen LogP contribution >= 0.6 is 11.6 Å². The molecule has 0 aliphatic carbocycles. The molecule has 1 saturated heterocycles. The fourth-order valence-corrected chi connectivity index (χ4v) is 2.90. The van der Waals surface area contributed by atoms with E-state index in [1.54, 1.807) is 11.0 Å². The average molecular weight is 311 g/mol. The van der Waals surface area contributed by atoms with E-state index in [2.05, 4.69) is 11.9 Å². The second kappa shape index (κ2) is 7.76. The molecule has 0 N–H and O–H groups in total. The average Bonchev–Trinajstić information content (AvgIpc) is 2.47. The number of aryl methyl sites for hydroxylation is 1. The minimum absolute atomic E-state index is 0.0168. The molecule has 0 radical (unpaired) electrons. The molecule has 0 atom stereocenters. The molecule has 1 aliphatic heterocycles. The third-order valence-corrected chi connectivity index (χ3v) is 4.01. The van der Waals surface area contributed by atoms with Crippen LogP contribution in [0.3, 0.4) is 0 Å². The second-order valence-corrected chi connectivity index (χ2v) is 6.05. The fourth-order valence-electron chi connectivity index (χ4n) is 2.68. The van der Waals surface area contributed by atoms with Crippen molar-refractivity contribution < 1.29 is 9.53 Å². The van der Waals surface area contributed by atoms with Gasteiger partial charge in [-0.1, -0.05) is 24.9 Å². The van der Waals surface area contributed by atoms with E-state index in [0.29, 0.717) is 16.6 Å². The number of rotatable bonds is 5. The number of pyridine rings is 1. The zero-order valence-corrected chi connectivity index (χ0v) is 13.5. The third kappa shape index (κ3) is 4.68. The highest BCUT2D eigenvalue weighted by Crippen LogP contribution is 2.18. The Balaban J connectivity index is 2.03. The number of amides is 1. The number of hydrogen-bond donors (Lipinski definition) is 0. The first-order valence-electron chi connectivity index (χ1n) is 7.59. The summed E-state index contributed by atoms with van der Waals surface area (Å²) in [5.74, 6) is 0.545. The molecular weight excluding hydrogens is 288 g/mol. The summed E-state index contributed by atoms with van der Waals surface area (Å²) in [4.78, 5) is 18.6. The summed E-state index contributed by atoms with van der Waals surface area (Å²) in [7, 11) is 1.85. The molecule has 0 spiro atoms. The van der Waals surface area contributed by atoms with Gasteiger partial charge in [-0.2, -0.15) is 0 Å². The van der Waals surface area contributed by atoms with Gasteiger partial charge in [0.05, 0.1) is 0 Å². The largest absolute Gasteiger partial charge is 0.381 e. The van der Waals surface area contributed by atoms with E-state index >= 15 is 0 Å². The molecule has 4 nitrogen and oxygen atoms in total. The van der Waals surface area contributed by atoms with E-state index in [1.165, 1.54) is 0 Å². The summed E-state index contributed by atoms with van der Waals surface area (Å²) >= 11 is 6.03. The smallest absolute Gasteiger partial charge is 0.253 e. The van der Waals surface area contributed by atoms with E-state index in [0.717, 1.165) is 51.1 Å². The van der Waals surface area contributed by atoms with E-state index < -0.39 is 0 Å². The Hall–Kier alpha value is -1.13. The van der Waals surface area contributed by atoms with Crippen molar-refractivity contribution in [3.63, 3.8) is 0 Å². The predicted molar refractivity (Wildman–Crippen MR) is 83.7 cm³/mol. The summed E-state index contributed by atoms with van der Waals surface area (Å²) in [5.41, 5.74) is 1.51. The Morgan fingerprint density at radius 1 is 1.43 bits per heavy atom. The number of hydrogen-bond acceptors (Lipinski definition) is 3. The van der Waals surface area contributed by atoms with Gasteiger partial charge in [0.25, 0.3) is 5.91 Å². The first kappa shape index (κ1) is 16.2. The van der Waals surface area contributed by atoms with E-state index in [9.17, 15) is 4.79 Å². The first-order chi connectivity index (χ1) is 10.1. The number of carbonyl (C=O) groups excluding carboxylic acids is 1. The Kier molecular flexibility index (Phi) is 6.00. The molecule has 1 aliphatic rings. The number of ether oxygens (including phenoxy) is 1. The highest BCUT2D eigenvalue weighted by Gasteiger charge is 2.20. The van der Waals surface area contributed by atoms with Gasteiger partial charge in [-0.25, -0.2) is 4.98 Å². The SMILES string of the molecule is CCCc1cc(C(=O)N(C)CC2CCOCC2)cc(Cl)n1. The van der Waals surface area contributed by atoms with Crippen LogP contribution in [0.1, 0.15) is 42.2 Å². The van der Waals surface area contributed by atoms with Gasteiger partial charge in [-0.05, 0) is 37.3 Å². The summed E-state index contributed by atoms with van der Waals surface area (Å²) in [6.07, 6.45) is 3.87. The quantitative estimate of drug-likeness (QED) is 0.784. The van der Waals surface area contributed by atoms with Crippen LogP contribution in [0.2, 0.25) is 5.15 Å². The van der Waals surface area contributed by atoms with Gasteiger partial charge in [0.15, 0.2) is 0 Å². The van der Waals surface area contributed by atoms with Gasteiger partial charge in [-0.3, -0.25) is 4.79 Å². The number of halogens is 1. The summed E-state index contributed by atoms with van der Waals surface area (Å²) in [6.45, 7) is 4.45. The Bertz CT molecular complexity index is 487. The minimum Gasteiger partial charge on any atom is -0.381 e. The van der Waals surface area contributed by atoms with Crippen LogP contribution in [0, 0.1) is 5.92 Å². The highest BCUT2D eigenvalue weighted by atomic mass is 35.5. The van der Waals surface area contributed by atoms with Crippen LogP contribution in [0.25, 0.3) is 0 Å². The summed E-state index contributed by atoms with van der Waals surface area (Å²) < 4.78 is 5.36. The minimum atomic E-state index is 0.0168. The molecule has 0 bridgehead atoms. The predicted octanol–water partition coefficient (Wildman–Crippen LogP) is 3.19. The lowest BCUT2D eigenvalue weighted by atomic mass is 9.99. The van der Waals surface area contributed by atoms with Crippen molar-refractivity contribution in [2.45, 2.75) is 32.6 Å². The molecule has 1 aromatic heterocycles. The lowest BCUT2D eigenvalue weighted by Crippen LogP contribution is -2.34. The van der Waals surface area contributed by atoms with Crippen LogP contribution in [0.4, 0.5) is 0 Å². The van der Waals surface area contributed by atoms with Gasteiger partial charge < -0.3 is 9.64 Å². The maximum atomic E-state index is 12.5. The van der Waals surface area contributed by atoms with E-state index in [-0.39, 0.29) is 5.91 Å². The maximum absolute atomic E-state index is 12.5. The van der Waals surface area contributed by atoms with Crippen LogP contribution in [0.15, 0.2) is 12.1 Å². The molecule has 2 heterocycles. The zero-order chi connectivity index (χ0) is 15.2. The molecule has 1 amide bonds. The topological polar surface area (TPSA) is 42.4 Å². The van der Waals surface area contributed by atoms with Crippen molar-refractivity contribution in [3.8, 4) is 0 Å². The van der Waals surface area contributed by atoms with Gasteiger partial charge >= 0.3 is 0 Å². The fraction of sp³-hybridized carbons (Fsp3) is 0.625. The summed E-state index contributed by atoms with van der Waals surface area (Å²) in [5, 5.41) is 0.392. The maximum Gasteiger partial charge on any atom is 0.253 e. The molecule has 5 heteroatoms. The lowest BCUT2D eigenvalue weighted by Gasteiger charge is -2.27. The molecule has 0 saturated carbocycles. The third-order valence-electron chi connectivity index (χ3n) is 3.82. The van der Waals surface area contributed by atoms with E-state index in [4.69, 9.17) is 16.3 Å². The molecule has 0 aromatic carbocycles. The number of nitrogens with zero attached hydrogens (tertiary/aromatic N) is 2. The van der Waals surface area contributed by atoms with Crippen molar-refractivity contribution >= 4 is 17.5 Å². The molecule has 21 heavy (non-hydrogen) atoms. The summed E-state index contributed by atoms with van der Waals surface area (Å²) in [6, 6.07) is 3.52. The lowest BCUT2D eigenvalue weighted by molar-refractivity contribution is 0.0497. The Morgan fingerprint density at radius 3 is 2.81 bits per heavy atom.